The maximum atomic E-state index is 5.55. The molecule has 0 aromatic heterocycles. The van der Waals surface area contributed by atoms with Crippen LogP contribution in [0.1, 0.15) is 34.1 Å². The quantitative estimate of drug-likeness (QED) is 0.580. The van der Waals surface area contributed by atoms with Gasteiger partial charge >= 0.3 is 0 Å². The fourth-order valence-corrected chi connectivity index (χ4v) is 1.22. The fraction of sp³-hybridized carbons (Fsp3) is 1.00. The minimum absolute atomic E-state index is 0.0699. The molecule has 0 radical (unpaired) electrons. The van der Waals surface area contributed by atoms with Gasteiger partial charge < -0.3 is 14.8 Å². The summed E-state index contributed by atoms with van der Waals surface area (Å²) >= 11 is 0. The summed E-state index contributed by atoms with van der Waals surface area (Å²) in [6.45, 7) is 12.5. The van der Waals surface area contributed by atoms with Crippen molar-refractivity contribution in [2.24, 2.45) is 0 Å². The lowest BCUT2D eigenvalue weighted by Gasteiger charge is -2.24. The summed E-state index contributed by atoms with van der Waals surface area (Å²) in [6, 6.07) is 0. The van der Waals surface area contributed by atoms with Gasteiger partial charge in [-0.2, -0.15) is 0 Å². The molecule has 0 heterocycles. The molecule has 0 fully saturated rings. The molecule has 0 saturated carbocycles. The molecule has 86 valence electrons. The second-order valence-corrected chi connectivity index (χ2v) is 3.98. The molecule has 0 aromatic carbocycles. The van der Waals surface area contributed by atoms with Gasteiger partial charge in [-0.3, -0.25) is 0 Å². The van der Waals surface area contributed by atoms with Crippen molar-refractivity contribution in [3.63, 3.8) is 0 Å². The summed E-state index contributed by atoms with van der Waals surface area (Å²) in [5, 5.41) is 3.32. The lowest BCUT2D eigenvalue weighted by atomic mass is 10.1. The molecule has 0 unspecified atom stereocenters. The average Bonchev–Trinajstić information content (AvgIpc) is 2.11. The van der Waals surface area contributed by atoms with E-state index in [1.807, 2.05) is 6.92 Å². The maximum Gasteiger partial charge on any atom is 0.0750 e. The van der Waals surface area contributed by atoms with Crippen LogP contribution in [0.25, 0.3) is 0 Å². The lowest BCUT2D eigenvalue weighted by molar-refractivity contribution is -0.00980. The van der Waals surface area contributed by atoms with Crippen LogP contribution in [0.2, 0.25) is 0 Å². The molecule has 0 aromatic rings. The van der Waals surface area contributed by atoms with Crippen molar-refractivity contribution >= 4 is 0 Å². The molecule has 0 aliphatic rings. The second kappa shape index (κ2) is 8.21. The van der Waals surface area contributed by atoms with E-state index < -0.39 is 0 Å². The van der Waals surface area contributed by atoms with Crippen LogP contribution in [0.5, 0.6) is 0 Å². The molecule has 0 rings (SSSR count). The zero-order chi connectivity index (χ0) is 10.9. The highest BCUT2D eigenvalue weighted by molar-refractivity contribution is 4.71. The Kier molecular flexibility index (Phi) is 8.14. The zero-order valence-corrected chi connectivity index (χ0v) is 10.1. The van der Waals surface area contributed by atoms with Gasteiger partial charge in [0.15, 0.2) is 0 Å². The fourth-order valence-electron chi connectivity index (χ4n) is 1.22. The number of rotatable bonds is 9. The van der Waals surface area contributed by atoms with Crippen molar-refractivity contribution in [2.75, 3.05) is 32.9 Å². The molecule has 3 nitrogen and oxygen atoms in total. The molecule has 1 N–H and O–H groups in total. The predicted octanol–water partition coefficient (Wildman–Crippen LogP) is 1.82. The number of nitrogens with one attached hydrogen (secondary N) is 1. The van der Waals surface area contributed by atoms with Gasteiger partial charge in [-0.1, -0.05) is 6.92 Å². The highest BCUT2D eigenvalue weighted by Gasteiger charge is 2.15. The zero-order valence-electron chi connectivity index (χ0n) is 10.1. The van der Waals surface area contributed by atoms with Gasteiger partial charge in [0.1, 0.15) is 0 Å². The van der Waals surface area contributed by atoms with E-state index in [2.05, 4.69) is 26.1 Å². The third-order valence-electron chi connectivity index (χ3n) is 1.86. The summed E-state index contributed by atoms with van der Waals surface area (Å²) in [5.74, 6) is 0. The standard InChI is InChI=1S/C11H25NO2/c1-5-8-13-9-7-12-10-11(3,4)14-6-2/h12H,5-10H2,1-4H3. The molecular weight excluding hydrogens is 178 g/mol. The Morgan fingerprint density at radius 3 is 2.43 bits per heavy atom. The molecule has 0 amide bonds. The summed E-state index contributed by atoms with van der Waals surface area (Å²) in [4.78, 5) is 0. The van der Waals surface area contributed by atoms with E-state index in [0.717, 1.165) is 39.3 Å². The summed E-state index contributed by atoms with van der Waals surface area (Å²) < 4.78 is 10.9. The van der Waals surface area contributed by atoms with Crippen molar-refractivity contribution in [1.82, 2.24) is 5.32 Å². The molecule has 0 spiro atoms. The Morgan fingerprint density at radius 1 is 1.14 bits per heavy atom. The first-order chi connectivity index (χ1) is 6.62. The van der Waals surface area contributed by atoms with Crippen molar-refractivity contribution in [3.05, 3.63) is 0 Å². The van der Waals surface area contributed by atoms with Crippen LogP contribution in [-0.2, 0) is 9.47 Å². The third-order valence-corrected chi connectivity index (χ3v) is 1.86. The van der Waals surface area contributed by atoms with Crippen molar-refractivity contribution in [1.29, 1.82) is 0 Å². The van der Waals surface area contributed by atoms with Crippen LogP contribution < -0.4 is 5.32 Å². The molecule has 0 bridgehead atoms. The average molecular weight is 203 g/mol. The van der Waals surface area contributed by atoms with Crippen LogP contribution in [0.15, 0.2) is 0 Å². The van der Waals surface area contributed by atoms with E-state index in [0.29, 0.717) is 0 Å². The Balaban J connectivity index is 3.26. The first kappa shape index (κ1) is 13.9. The Labute approximate surface area is 88.2 Å². The number of hydrogen-bond donors (Lipinski definition) is 1. The van der Waals surface area contributed by atoms with E-state index in [1.165, 1.54) is 0 Å². The van der Waals surface area contributed by atoms with Gasteiger partial charge in [-0.25, -0.2) is 0 Å². The van der Waals surface area contributed by atoms with Crippen LogP contribution in [0, 0.1) is 0 Å². The molecule has 0 aliphatic heterocycles. The largest absolute Gasteiger partial charge is 0.380 e. The third kappa shape index (κ3) is 8.48. The minimum atomic E-state index is -0.0699. The van der Waals surface area contributed by atoms with Gasteiger partial charge in [0.25, 0.3) is 0 Å². The normalized spacial score (nSPS) is 12.0. The Hall–Kier alpha value is -0.120. The summed E-state index contributed by atoms with van der Waals surface area (Å²) in [6.07, 6.45) is 1.09. The summed E-state index contributed by atoms with van der Waals surface area (Å²) in [7, 11) is 0. The maximum absolute atomic E-state index is 5.55. The SMILES string of the molecule is CCCOCCNCC(C)(C)OCC. The Morgan fingerprint density at radius 2 is 1.86 bits per heavy atom. The molecule has 0 aliphatic carbocycles. The number of hydrogen-bond acceptors (Lipinski definition) is 3. The van der Waals surface area contributed by atoms with Crippen LogP contribution in [0.3, 0.4) is 0 Å². The smallest absolute Gasteiger partial charge is 0.0750 e. The second-order valence-electron chi connectivity index (χ2n) is 3.98. The van der Waals surface area contributed by atoms with Gasteiger partial charge in [0, 0.05) is 26.3 Å². The van der Waals surface area contributed by atoms with E-state index in [1.54, 1.807) is 0 Å². The van der Waals surface area contributed by atoms with Crippen LogP contribution >= 0.6 is 0 Å². The van der Waals surface area contributed by atoms with Crippen LogP contribution in [0.4, 0.5) is 0 Å². The highest BCUT2D eigenvalue weighted by Crippen LogP contribution is 2.06. The van der Waals surface area contributed by atoms with E-state index in [4.69, 9.17) is 9.47 Å². The summed E-state index contributed by atoms with van der Waals surface area (Å²) in [5.41, 5.74) is -0.0699. The van der Waals surface area contributed by atoms with E-state index >= 15 is 0 Å². The molecular formula is C11H25NO2. The predicted molar refractivity (Wildman–Crippen MR) is 59.7 cm³/mol. The lowest BCUT2D eigenvalue weighted by Crippen LogP contribution is -2.38. The minimum Gasteiger partial charge on any atom is -0.380 e. The van der Waals surface area contributed by atoms with E-state index in [-0.39, 0.29) is 5.60 Å². The van der Waals surface area contributed by atoms with Crippen molar-refractivity contribution in [3.8, 4) is 0 Å². The van der Waals surface area contributed by atoms with Gasteiger partial charge in [0.05, 0.1) is 12.2 Å². The topological polar surface area (TPSA) is 30.5 Å². The van der Waals surface area contributed by atoms with Crippen molar-refractivity contribution in [2.45, 2.75) is 39.7 Å². The Bertz CT molecular complexity index is 126. The van der Waals surface area contributed by atoms with Crippen molar-refractivity contribution < 1.29 is 9.47 Å². The molecule has 14 heavy (non-hydrogen) atoms. The first-order valence-corrected chi connectivity index (χ1v) is 5.55. The monoisotopic (exact) mass is 203 g/mol. The molecule has 0 saturated heterocycles. The van der Waals surface area contributed by atoms with Gasteiger partial charge in [-0.05, 0) is 27.2 Å². The van der Waals surface area contributed by atoms with Gasteiger partial charge in [-0.15, -0.1) is 0 Å². The van der Waals surface area contributed by atoms with E-state index in [9.17, 15) is 0 Å². The van der Waals surface area contributed by atoms with Crippen LogP contribution in [-0.4, -0.2) is 38.5 Å². The molecule has 0 atom stereocenters. The highest BCUT2D eigenvalue weighted by atomic mass is 16.5. The number of ether oxygens (including phenoxy) is 2. The van der Waals surface area contributed by atoms with Gasteiger partial charge in [0.2, 0.25) is 0 Å². The molecule has 3 heteroatoms. The first-order valence-electron chi connectivity index (χ1n) is 5.55.